The number of imidazole rings is 1. The van der Waals surface area contributed by atoms with Gasteiger partial charge in [0.15, 0.2) is 11.5 Å². The topological polar surface area (TPSA) is 120 Å². The Morgan fingerprint density at radius 2 is 1.90 bits per heavy atom. The molecule has 108 valence electrons. The van der Waals surface area contributed by atoms with Gasteiger partial charge in [-0.25, -0.2) is 4.98 Å². The second-order valence-electron chi connectivity index (χ2n) is 4.72. The maximum absolute atomic E-state index is 6.20. The molecule has 0 aliphatic carbocycles. The lowest BCUT2D eigenvalue weighted by molar-refractivity contribution is 0.954. The number of halogens is 1. The average molecular weight is 304 g/mol. The highest BCUT2D eigenvalue weighted by atomic mass is 35.5. The summed E-state index contributed by atoms with van der Waals surface area (Å²) in [6.45, 7) is 1.89. The fourth-order valence-electron chi connectivity index (χ4n) is 1.99. The molecule has 2 aromatic heterocycles. The predicted molar refractivity (Wildman–Crippen MR) is 85.7 cm³/mol. The van der Waals surface area contributed by atoms with Crippen molar-refractivity contribution in [3.63, 3.8) is 0 Å². The minimum atomic E-state index is 0.398. The van der Waals surface area contributed by atoms with Gasteiger partial charge in [0.2, 0.25) is 0 Å². The molecule has 0 aliphatic rings. The third-order valence-electron chi connectivity index (χ3n) is 3.14. The Morgan fingerprint density at radius 3 is 2.67 bits per heavy atom. The van der Waals surface area contributed by atoms with Crippen molar-refractivity contribution in [2.45, 2.75) is 6.92 Å². The highest BCUT2D eigenvalue weighted by Gasteiger charge is 2.10. The maximum atomic E-state index is 6.20. The molecule has 0 atom stereocenters. The summed E-state index contributed by atoms with van der Waals surface area (Å²) in [5.41, 5.74) is 20.8. The Bertz CT molecular complexity index is 840. The lowest BCUT2D eigenvalue weighted by Crippen LogP contribution is -2.05. The van der Waals surface area contributed by atoms with Crippen LogP contribution < -0.4 is 22.5 Å². The molecule has 21 heavy (non-hydrogen) atoms. The molecule has 0 saturated carbocycles. The van der Waals surface area contributed by atoms with Crippen molar-refractivity contribution in [1.82, 2.24) is 14.6 Å². The van der Waals surface area contributed by atoms with Gasteiger partial charge in [0, 0.05) is 11.8 Å². The molecule has 3 rings (SSSR count). The average Bonchev–Trinajstić information content (AvgIpc) is 2.78. The number of aromatic nitrogens is 3. The van der Waals surface area contributed by atoms with Crippen LogP contribution in [0.4, 0.5) is 28.7 Å². The highest BCUT2D eigenvalue weighted by molar-refractivity contribution is 6.33. The fraction of sp³-hybridized carbons (Fsp3) is 0.0769. The molecule has 0 aliphatic heterocycles. The summed E-state index contributed by atoms with van der Waals surface area (Å²) in [5.74, 6) is 0.893. The Kier molecular flexibility index (Phi) is 2.99. The van der Waals surface area contributed by atoms with Crippen LogP contribution in [0.3, 0.4) is 0 Å². The highest BCUT2D eigenvalue weighted by Crippen LogP contribution is 2.30. The monoisotopic (exact) mass is 303 g/mol. The number of benzene rings is 1. The van der Waals surface area contributed by atoms with E-state index in [-0.39, 0.29) is 0 Å². The number of anilines is 5. The molecule has 8 heteroatoms. The molecule has 0 spiro atoms. The summed E-state index contributed by atoms with van der Waals surface area (Å²) in [6.07, 6.45) is 1.50. The summed E-state index contributed by atoms with van der Waals surface area (Å²) in [7, 11) is 0. The Morgan fingerprint density at radius 1 is 1.14 bits per heavy atom. The van der Waals surface area contributed by atoms with Crippen molar-refractivity contribution in [3.05, 3.63) is 35.0 Å². The second kappa shape index (κ2) is 4.71. The van der Waals surface area contributed by atoms with E-state index in [1.807, 2.05) is 6.92 Å². The van der Waals surface area contributed by atoms with Gasteiger partial charge in [-0.2, -0.15) is 4.52 Å². The standard InChI is InChI=1S/C13H14ClN7/c1-6-2-7(14)10(3-8(6)15)19-12-4-9(16)13-18-5-11(17)21(13)20-12/h2-5H,15-17H2,1H3,(H,19,20). The number of aryl methyl sites for hydroxylation is 1. The number of hydrogen-bond acceptors (Lipinski definition) is 6. The summed E-state index contributed by atoms with van der Waals surface area (Å²) < 4.78 is 1.46. The minimum absolute atomic E-state index is 0.398. The molecule has 0 saturated heterocycles. The molecule has 0 unspecified atom stereocenters. The fourth-order valence-corrected chi connectivity index (χ4v) is 2.26. The van der Waals surface area contributed by atoms with Gasteiger partial charge in [0.25, 0.3) is 0 Å². The van der Waals surface area contributed by atoms with Crippen LogP contribution in [0.5, 0.6) is 0 Å². The largest absolute Gasteiger partial charge is 0.398 e. The Labute approximate surface area is 125 Å². The van der Waals surface area contributed by atoms with Crippen molar-refractivity contribution < 1.29 is 0 Å². The number of rotatable bonds is 2. The SMILES string of the molecule is Cc1cc(Cl)c(Nc2cc(N)c3ncc(N)n3n2)cc1N. The van der Waals surface area contributed by atoms with Gasteiger partial charge in [-0.15, -0.1) is 5.10 Å². The van der Waals surface area contributed by atoms with E-state index in [1.54, 1.807) is 18.2 Å². The molecule has 3 aromatic rings. The first-order valence-corrected chi connectivity index (χ1v) is 6.56. The van der Waals surface area contributed by atoms with E-state index in [0.29, 0.717) is 39.4 Å². The van der Waals surface area contributed by atoms with Gasteiger partial charge in [0.1, 0.15) is 5.82 Å². The van der Waals surface area contributed by atoms with Crippen LogP contribution in [0.15, 0.2) is 24.4 Å². The lowest BCUT2D eigenvalue weighted by atomic mass is 10.2. The molecule has 0 amide bonds. The first-order valence-electron chi connectivity index (χ1n) is 6.18. The molecule has 1 aromatic carbocycles. The van der Waals surface area contributed by atoms with E-state index >= 15 is 0 Å². The van der Waals surface area contributed by atoms with Crippen LogP contribution in [0.25, 0.3) is 5.65 Å². The number of nitrogen functional groups attached to an aromatic ring is 3. The van der Waals surface area contributed by atoms with Crippen LogP contribution in [0, 0.1) is 6.92 Å². The summed E-state index contributed by atoms with van der Waals surface area (Å²) >= 11 is 6.20. The van der Waals surface area contributed by atoms with Gasteiger partial charge >= 0.3 is 0 Å². The smallest absolute Gasteiger partial charge is 0.179 e. The quantitative estimate of drug-likeness (QED) is 0.538. The van der Waals surface area contributed by atoms with E-state index in [0.717, 1.165) is 5.56 Å². The molecule has 7 N–H and O–H groups in total. The molecule has 2 heterocycles. The van der Waals surface area contributed by atoms with Gasteiger partial charge in [-0.3, -0.25) is 0 Å². The predicted octanol–water partition coefficient (Wildman–Crippen LogP) is 2.18. The number of nitrogens with one attached hydrogen (secondary N) is 1. The van der Waals surface area contributed by atoms with Crippen molar-refractivity contribution in [1.29, 1.82) is 0 Å². The number of nitrogens with two attached hydrogens (primary N) is 3. The number of hydrogen-bond donors (Lipinski definition) is 4. The third-order valence-corrected chi connectivity index (χ3v) is 3.45. The molecular formula is C13H14ClN7. The first kappa shape index (κ1) is 13.3. The van der Waals surface area contributed by atoms with Gasteiger partial charge in [-0.05, 0) is 24.6 Å². The molecule has 0 bridgehead atoms. The van der Waals surface area contributed by atoms with Crippen molar-refractivity contribution in [2.75, 3.05) is 22.5 Å². The van der Waals surface area contributed by atoms with Crippen molar-refractivity contribution >= 4 is 45.9 Å². The van der Waals surface area contributed by atoms with Gasteiger partial charge in [-0.1, -0.05) is 11.6 Å². The second-order valence-corrected chi connectivity index (χ2v) is 5.12. The van der Waals surface area contributed by atoms with E-state index < -0.39 is 0 Å². The zero-order chi connectivity index (χ0) is 15.1. The summed E-state index contributed by atoms with van der Waals surface area (Å²) in [5, 5.41) is 7.95. The lowest BCUT2D eigenvalue weighted by Gasteiger charge is -2.11. The molecule has 0 radical (unpaired) electrons. The molecule has 7 nitrogen and oxygen atoms in total. The van der Waals surface area contributed by atoms with E-state index in [1.165, 1.54) is 10.7 Å². The van der Waals surface area contributed by atoms with Crippen molar-refractivity contribution in [2.24, 2.45) is 0 Å². The molecule has 0 fully saturated rings. The zero-order valence-electron chi connectivity index (χ0n) is 11.3. The summed E-state index contributed by atoms with van der Waals surface area (Å²) in [4.78, 5) is 4.09. The van der Waals surface area contributed by atoms with Gasteiger partial charge < -0.3 is 22.5 Å². The van der Waals surface area contributed by atoms with E-state index in [4.69, 9.17) is 28.8 Å². The normalized spacial score (nSPS) is 11.0. The van der Waals surface area contributed by atoms with Crippen LogP contribution in [0.2, 0.25) is 5.02 Å². The van der Waals surface area contributed by atoms with E-state index in [2.05, 4.69) is 15.4 Å². The third kappa shape index (κ3) is 2.27. The van der Waals surface area contributed by atoms with Crippen LogP contribution >= 0.6 is 11.6 Å². The van der Waals surface area contributed by atoms with Crippen LogP contribution in [-0.2, 0) is 0 Å². The van der Waals surface area contributed by atoms with E-state index in [9.17, 15) is 0 Å². The number of fused-ring (bicyclic) bond motifs is 1. The first-order chi connectivity index (χ1) is 9.95. The van der Waals surface area contributed by atoms with Crippen LogP contribution in [-0.4, -0.2) is 14.6 Å². The van der Waals surface area contributed by atoms with Crippen LogP contribution in [0.1, 0.15) is 5.56 Å². The Hall–Kier alpha value is -2.67. The summed E-state index contributed by atoms with van der Waals surface area (Å²) in [6, 6.07) is 5.19. The Balaban J connectivity index is 2.06. The zero-order valence-corrected chi connectivity index (χ0v) is 12.0. The maximum Gasteiger partial charge on any atom is 0.179 e. The minimum Gasteiger partial charge on any atom is -0.398 e. The van der Waals surface area contributed by atoms with Crippen molar-refractivity contribution in [3.8, 4) is 0 Å². The molecular weight excluding hydrogens is 290 g/mol. The van der Waals surface area contributed by atoms with Gasteiger partial charge in [0.05, 0.1) is 22.6 Å². The number of nitrogens with zero attached hydrogens (tertiary/aromatic N) is 3.